The highest BCUT2D eigenvalue weighted by molar-refractivity contribution is 5.75. The minimum absolute atomic E-state index is 0.0544. The third-order valence-corrected chi connectivity index (χ3v) is 6.58. The van der Waals surface area contributed by atoms with E-state index in [1.807, 2.05) is 43.7 Å². The summed E-state index contributed by atoms with van der Waals surface area (Å²) in [5, 5.41) is 11.0. The number of ether oxygens (including phenoxy) is 1. The van der Waals surface area contributed by atoms with Gasteiger partial charge in [-0.3, -0.25) is 9.58 Å². The van der Waals surface area contributed by atoms with Crippen LogP contribution in [0, 0.1) is 6.92 Å². The number of nitrogens with one attached hydrogen (secondary N) is 2. The summed E-state index contributed by atoms with van der Waals surface area (Å²) in [5.41, 5.74) is 5.18. The average Bonchev–Trinajstić information content (AvgIpc) is 3.21. The lowest BCUT2D eigenvalue weighted by molar-refractivity contribution is -0.0641. The molecule has 2 aromatic heterocycles. The Hall–Kier alpha value is -3.50. The lowest BCUT2D eigenvalue weighted by Gasteiger charge is -2.39. The lowest BCUT2D eigenvalue weighted by atomic mass is 10.0. The minimum Gasteiger partial charge on any atom is -0.372 e. The van der Waals surface area contributed by atoms with Crippen LogP contribution in [0.25, 0.3) is 11.3 Å². The maximum atomic E-state index is 12.4. The largest absolute Gasteiger partial charge is 0.372 e. The SMILES string of the molecule is Cc1cc(-c2cc(Nc3cc4n(n3)CCN(C)C4)ncn2)ccc1CNC(=O)N1CC(OC(C)C)C1. The smallest absolute Gasteiger partial charge is 0.317 e. The molecule has 1 aromatic carbocycles. The van der Waals surface area contributed by atoms with Crippen molar-refractivity contribution in [1.82, 2.24) is 34.9 Å². The van der Waals surface area contributed by atoms with Gasteiger partial charge < -0.3 is 20.3 Å². The van der Waals surface area contributed by atoms with Crippen molar-refractivity contribution in [3.05, 3.63) is 53.5 Å². The van der Waals surface area contributed by atoms with Crippen LogP contribution in [0.2, 0.25) is 0 Å². The van der Waals surface area contributed by atoms with Crippen LogP contribution >= 0.6 is 0 Å². The van der Waals surface area contributed by atoms with Crippen molar-refractivity contribution in [2.24, 2.45) is 0 Å². The zero-order valence-electron chi connectivity index (χ0n) is 21.4. The number of carbonyl (C=O) groups is 1. The fourth-order valence-corrected chi connectivity index (χ4v) is 4.58. The standard InChI is InChI=1S/C26H34N8O2/c1-17(2)36-22-14-33(15-22)26(35)27-12-20-6-5-19(9-18(20)3)23-11-24(29-16-28-23)30-25-10-21-13-32(4)7-8-34(21)31-25/h5-6,9-11,16-17,22H,7-8,12-15H2,1-4H3,(H,27,35)(H,28,29,30,31). The van der Waals surface area contributed by atoms with Gasteiger partial charge in [0, 0.05) is 37.3 Å². The van der Waals surface area contributed by atoms with E-state index < -0.39 is 0 Å². The molecule has 1 saturated heterocycles. The summed E-state index contributed by atoms with van der Waals surface area (Å²) in [5.74, 6) is 1.49. The maximum Gasteiger partial charge on any atom is 0.317 e. The Morgan fingerprint density at radius 1 is 1.14 bits per heavy atom. The number of fused-ring (bicyclic) bond motifs is 1. The number of hydrogen-bond donors (Lipinski definition) is 2. The summed E-state index contributed by atoms with van der Waals surface area (Å²) in [6.45, 7) is 10.6. The van der Waals surface area contributed by atoms with Gasteiger partial charge in [-0.1, -0.05) is 12.1 Å². The van der Waals surface area contributed by atoms with Crippen molar-refractivity contribution in [3.8, 4) is 11.3 Å². The number of hydrogen-bond acceptors (Lipinski definition) is 7. The van der Waals surface area contributed by atoms with E-state index in [1.165, 1.54) is 5.69 Å². The van der Waals surface area contributed by atoms with E-state index in [0.717, 1.165) is 47.8 Å². The number of benzene rings is 1. The molecule has 10 nitrogen and oxygen atoms in total. The highest BCUT2D eigenvalue weighted by atomic mass is 16.5. The zero-order valence-corrected chi connectivity index (χ0v) is 21.4. The molecule has 0 radical (unpaired) electrons. The summed E-state index contributed by atoms with van der Waals surface area (Å²) in [6.07, 6.45) is 1.89. The van der Waals surface area contributed by atoms with E-state index in [0.29, 0.717) is 25.5 Å². The normalized spacial score (nSPS) is 16.1. The van der Waals surface area contributed by atoms with Crippen molar-refractivity contribution < 1.29 is 9.53 Å². The minimum atomic E-state index is -0.0544. The van der Waals surface area contributed by atoms with Crippen molar-refractivity contribution in [2.45, 2.75) is 52.6 Å². The van der Waals surface area contributed by atoms with Gasteiger partial charge in [0.05, 0.1) is 43.2 Å². The first-order valence-electron chi connectivity index (χ1n) is 12.5. The number of urea groups is 1. The Kier molecular flexibility index (Phi) is 6.88. The van der Waals surface area contributed by atoms with Gasteiger partial charge >= 0.3 is 6.03 Å². The summed E-state index contributed by atoms with van der Waals surface area (Å²) in [6, 6.07) is 10.1. The summed E-state index contributed by atoms with van der Waals surface area (Å²) in [7, 11) is 2.12. The first-order valence-corrected chi connectivity index (χ1v) is 12.5. The third kappa shape index (κ3) is 5.50. The van der Waals surface area contributed by atoms with Crippen molar-refractivity contribution in [2.75, 3.05) is 32.0 Å². The maximum absolute atomic E-state index is 12.4. The van der Waals surface area contributed by atoms with Gasteiger partial charge in [0.2, 0.25) is 0 Å². The van der Waals surface area contributed by atoms with Gasteiger partial charge in [-0.2, -0.15) is 5.10 Å². The number of likely N-dealkylation sites (tertiary alicyclic amines) is 1. The molecule has 2 aliphatic heterocycles. The molecule has 4 heterocycles. The number of likely N-dealkylation sites (N-methyl/N-ethyl adjacent to an activating group) is 1. The monoisotopic (exact) mass is 490 g/mol. The van der Waals surface area contributed by atoms with Crippen LogP contribution in [-0.2, 0) is 24.4 Å². The van der Waals surface area contributed by atoms with Crippen LogP contribution < -0.4 is 10.6 Å². The van der Waals surface area contributed by atoms with Crippen LogP contribution in [0.15, 0.2) is 36.7 Å². The van der Waals surface area contributed by atoms with Gasteiger partial charge in [0.25, 0.3) is 0 Å². The Labute approximate surface area is 211 Å². The molecule has 2 aliphatic rings. The Bertz CT molecular complexity index is 1230. The Balaban J connectivity index is 1.19. The topological polar surface area (TPSA) is 100 Å². The van der Waals surface area contributed by atoms with Crippen LogP contribution in [0.1, 0.15) is 30.7 Å². The number of aryl methyl sites for hydroxylation is 1. The first kappa shape index (κ1) is 24.2. The molecular weight excluding hydrogens is 456 g/mol. The Morgan fingerprint density at radius 3 is 2.75 bits per heavy atom. The molecule has 0 spiro atoms. The second-order valence-corrected chi connectivity index (χ2v) is 9.91. The molecule has 36 heavy (non-hydrogen) atoms. The van der Waals surface area contributed by atoms with Crippen LogP contribution in [0.3, 0.4) is 0 Å². The number of amides is 2. The van der Waals surface area contributed by atoms with E-state index in [9.17, 15) is 4.79 Å². The molecule has 0 atom stereocenters. The first-order chi connectivity index (χ1) is 17.3. The third-order valence-electron chi connectivity index (χ3n) is 6.58. The van der Waals surface area contributed by atoms with Gasteiger partial charge in [-0.05, 0) is 45.0 Å². The zero-order chi connectivity index (χ0) is 25.2. The molecular formula is C26H34N8O2. The van der Waals surface area contributed by atoms with Gasteiger partial charge in [0.15, 0.2) is 5.82 Å². The number of nitrogens with zero attached hydrogens (tertiary/aromatic N) is 6. The van der Waals surface area contributed by atoms with Gasteiger partial charge in [-0.15, -0.1) is 0 Å². The second kappa shape index (κ2) is 10.2. The Morgan fingerprint density at radius 2 is 1.97 bits per heavy atom. The highest BCUT2D eigenvalue weighted by Crippen LogP contribution is 2.24. The fraction of sp³-hybridized carbons (Fsp3) is 0.462. The van der Waals surface area contributed by atoms with Crippen molar-refractivity contribution in [1.29, 1.82) is 0 Å². The summed E-state index contributed by atoms with van der Waals surface area (Å²) in [4.78, 5) is 25.3. The second-order valence-electron chi connectivity index (χ2n) is 9.91. The van der Waals surface area contributed by atoms with E-state index in [1.54, 1.807) is 11.2 Å². The molecule has 0 aliphatic carbocycles. The van der Waals surface area contributed by atoms with E-state index in [-0.39, 0.29) is 18.2 Å². The predicted molar refractivity (Wildman–Crippen MR) is 138 cm³/mol. The number of anilines is 2. The van der Waals surface area contributed by atoms with Gasteiger partial charge in [0.1, 0.15) is 12.1 Å². The van der Waals surface area contributed by atoms with Crippen molar-refractivity contribution >= 4 is 17.7 Å². The average molecular weight is 491 g/mol. The lowest BCUT2D eigenvalue weighted by Crippen LogP contribution is -2.58. The number of aromatic nitrogens is 4. The quantitative estimate of drug-likeness (QED) is 0.525. The van der Waals surface area contributed by atoms with Crippen LogP contribution in [0.4, 0.5) is 16.4 Å². The molecule has 2 N–H and O–H groups in total. The number of rotatable bonds is 7. The molecule has 0 unspecified atom stereocenters. The predicted octanol–water partition coefficient (Wildman–Crippen LogP) is 3.16. The fourth-order valence-electron chi connectivity index (χ4n) is 4.58. The number of carbonyl (C=O) groups excluding carboxylic acids is 1. The molecule has 0 bridgehead atoms. The summed E-state index contributed by atoms with van der Waals surface area (Å²) >= 11 is 0. The molecule has 1 fully saturated rings. The van der Waals surface area contributed by atoms with Crippen LogP contribution in [0.5, 0.6) is 0 Å². The van der Waals surface area contributed by atoms with Gasteiger partial charge in [-0.25, -0.2) is 14.8 Å². The van der Waals surface area contributed by atoms with E-state index in [4.69, 9.17) is 4.74 Å². The molecule has 2 amide bonds. The van der Waals surface area contributed by atoms with E-state index in [2.05, 4.69) is 49.8 Å². The molecule has 3 aromatic rings. The van der Waals surface area contributed by atoms with E-state index >= 15 is 0 Å². The highest BCUT2D eigenvalue weighted by Gasteiger charge is 2.31. The molecule has 190 valence electrons. The summed E-state index contributed by atoms with van der Waals surface area (Å²) < 4.78 is 7.77. The van der Waals surface area contributed by atoms with Crippen molar-refractivity contribution in [3.63, 3.8) is 0 Å². The molecule has 0 saturated carbocycles. The molecule has 10 heteroatoms. The van der Waals surface area contributed by atoms with Crippen LogP contribution in [-0.4, -0.2) is 74.5 Å². The molecule has 5 rings (SSSR count).